The molecular formula is C22H26F2N4O3. The lowest BCUT2D eigenvalue weighted by molar-refractivity contribution is -0.120. The van der Waals surface area contributed by atoms with Crippen LogP contribution in [-0.4, -0.2) is 52.0 Å². The number of ether oxygens (including phenoxy) is 1. The van der Waals surface area contributed by atoms with Crippen LogP contribution < -0.4 is 10.1 Å². The molecule has 2 N–H and O–H groups in total. The first-order chi connectivity index (χ1) is 14.9. The van der Waals surface area contributed by atoms with Crippen LogP contribution in [0.4, 0.5) is 8.78 Å². The van der Waals surface area contributed by atoms with E-state index in [1.165, 1.54) is 0 Å². The standard InChI is InChI=1S/C22H26F2N4O3/c1-14-8-16(9-15(2)22(14)31-13-20(23)24)11-28-12-17-18(27-28)4-6-25-19(17)10-21(30)26-5-3-7-29/h4,6,8-9,12,20,29H,3,5,7,10-11,13H2,1-2H3,(H,26,30). The van der Waals surface area contributed by atoms with E-state index in [0.29, 0.717) is 31.0 Å². The Morgan fingerprint density at radius 3 is 2.71 bits per heavy atom. The number of nitrogens with one attached hydrogen (secondary N) is 1. The minimum atomic E-state index is -2.52. The Morgan fingerprint density at radius 1 is 1.29 bits per heavy atom. The number of aryl methyl sites for hydroxylation is 2. The van der Waals surface area contributed by atoms with Crippen molar-refractivity contribution >= 4 is 16.8 Å². The average Bonchev–Trinajstić information content (AvgIpc) is 3.11. The first kappa shape index (κ1) is 22.6. The van der Waals surface area contributed by atoms with Gasteiger partial charge in [-0.15, -0.1) is 0 Å². The van der Waals surface area contributed by atoms with Gasteiger partial charge in [0.25, 0.3) is 6.43 Å². The van der Waals surface area contributed by atoms with E-state index < -0.39 is 13.0 Å². The number of aromatic nitrogens is 3. The van der Waals surface area contributed by atoms with Crippen LogP contribution in [0.5, 0.6) is 5.75 Å². The molecule has 0 aliphatic carbocycles. The highest BCUT2D eigenvalue weighted by molar-refractivity contribution is 5.86. The van der Waals surface area contributed by atoms with E-state index in [9.17, 15) is 13.6 Å². The molecule has 3 aromatic rings. The van der Waals surface area contributed by atoms with Crippen LogP contribution in [0.1, 0.15) is 28.8 Å². The molecule has 2 heterocycles. The highest BCUT2D eigenvalue weighted by Gasteiger charge is 2.13. The zero-order valence-electron chi connectivity index (χ0n) is 17.6. The summed E-state index contributed by atoms with van der Waals surface area (Å²) in [4.78, 5) is 16.4. The zero-order chi connectivity index (χ0) is 22.4. The molecule has 0 radical (unpaired) electrons. The molecule has 2 aromatic heterocycles. The SMILES string of the molecule is Cc1cc(Cn2cc3c(CC(=O)NCCCO)nccc3n2)cc(C)c1OCC(F)F. The molecule has 0 saturated heterocycles. The number of hydrogen-bond donors (Lipinski definition) is 2. The average molecular weight is 432 g/mol. The number of hydrogen-bond acceptors (Lipinski definition) is 5. The third kappa shape index (κ3) is 5.97. The number of alkyl halides is 2. The van der Waals surface area contributed by atoms with Gasteiger partial charge in [-0.1, -0.05) is 12.1 Å². The summed E-state index contributed by atoms with van der Waals surface area (Å²) in [5, 5.41) is 16.9. The van der Waals surface area contributed by atoms with Crippen LogP contribution in [0.15, 0.2) is 30.6 Å². The summed E-state index contributed by atoms with van der Waals surface area (Å²) >= 11 is 0. The molecule has 31 heavy (non-hydrogen) atoms. The third-order valence-electron chi connectivity index (χ3n) is 4.77. The van der Waals surface area contributed by atoms with Crippen LogP contribution in [0, 0.1) is 13.8 Å². The van der Waals surface area contributed by atoms with E-state index in [4.69, 9.17) is 9.84 Å². The Morgan fingerprint density at radius 2 is 2.03 bits per heavy atom. The van der Waals surface area contributed by atoms with Crippen LogP contribution in [-0.2, 0) is 17.8 Å². The topological polar surface area (TPSA) is 89.3 Å². The second-order valence-electron chi connectivity index (χ2n) is 7.38. The van der Waals surface area contributed by atoms with E-state index in [2.05, 4.69) is 15.4 Å². The first-order valence-electron chi connectivity index (χ1n) is 10.1. The van der Waals surface area contributed by atoms with E-state index >= 15 is 0 Å². The molecule has 0 bridgehead atoms. The van der Waals surface area contributed by atoms with Crippen molar-refractivity contribution in [1.29, 1.82) is 0 Å². The van der Waals surface area contributed by atoms with Crippen molar-refractivity contribution < 1.29 is 23.4 Å². The lowest BCUT2D eigenvalue weighted by Gasteiger charge is -2.14. The minimum Gasteiger partial charge on any atom is -0.487 e. The molecule has 1 aromatic carbocycles. The van der Waals surface area contributed by atoms with Crippen molar-refractivity contribution in [2.24, 2.45) is 0 Å². The molecule has 7 nitrogen and oxygen atoms in total. The van der Waals surface area contributed by atoms with Gasteiger partial charge in [-0.3, -0.25) is 14.5 Å². The highest BCUT2D eigenvalue weighted by Crippen LogP contribution is 2.26. The van der Waals surface area contributed by atoms with Gasteiger partial charge in [0.15, 0.2) is 0 Å². The molecule has 1 amide bonds. The van der Waals surface area contributed by atoms with Gasteiger partial charge in [-0.2, -0.15) is 5.10 Å². The van der Waals surface area contributed by atoms with Gasteiger partial charge in [-0.05, 0) is 43.0 Å². The van der Waals surface area contributed by atoms with Gasteiger partial charge < -0.3 is 15.2 Å². The summed E-state index contributed by atoms with van der Waals surface area (Å²) in [7, 11) is 0. The Kier molecular flexibility index (Phi) is 7.51. The highest BCUT2D eigenvalue weighted by atomic mass is 19.3. The fourth-order valence-corrected chi connectivity index (χ4v) is 3.48. The summed E-state index contributed by atoms with van der Waals surface area (Å²) in [5.41, 5.74) is 3.90. The summed E-state index contributed by atoms with van der Waals surface area (Å²) in [6.07, 6.45) is 1.59. The van der Waals surface area contributed by atoms with E-state index in [1.807, 2.05) is 32.2 Å². The molecule has 0 fully saturated rings. The Hall–Kier alpha value is -3.07. The maximum atomic E-state index is 12.5. The number of aliphatic hydroxyl groups is 1. The number of fused-ring (bicyclic) bond motifs is 1. The number of aliphatic hydroxyl groups excluding tert-OH is 1. The van der Waals surface area contributed by atoms with Crippen LogP contribution in [0.2, 0.25) is 0 Å². The van der Waals surface area contributed by atoms with Gasteiger partial charge in [0.05, 0.1) is 24.2 Å². The lowest BCUT2D eigenvalue weighted by atomic mass is 10.1. The Balaban J connectivity index is 1.76. The van der Waals surface area contributed by atoms with Crippen molar-refractivity contribution in [2.75, 3.05) is 19.8 Å². The van der Waals surface area contributed by atoms with E-state index in [1.54, 1.807) is 16.9 Å². The van der Waals surface area contributed by atoms with Gasteiger partial charge in [0.2, 0.25) is 5.91 Å². The van der Waals surface area contributed by atoms with Crippen LogP contribution in [0.25, 0.3) is 10.9 Å². The maximum absolute atomic E-state index is 12.5. The number of carbonyl (C=O) groups excluding carboxylic acids is 1. The molecule has 9 heteroatoms. The Bertz CT molecular complexity index is 1030. The number of amides is 1. The molecule has 0 saturated carbocycles. The molecule has 0 aliphatic heterocycles. The number of carbonyl (C=O) groups is 1. The Labute approximate surface area is 179 Å². The summed E-state index contributed by atoms with van der Waals surface area (Å²) in [5.74, 6) is 0.320. The predicted molar refractivity (Wildman–Crippen MR) is 112 cm³/mol. The number of rotatable bonds is 10. The summed E-state index contributed by atoms with van der Waals surface area (Å²) in [6, 6.07) is 5.58. The normalized spacial score (nSPS) is 11.3. The van der Waals surface area contributed by atoms with Crippen molar-refractivity contribution in [3.8, 4) is 5.75 Å². The second kappa shape index (κ2) is 10.3. The number of nitrogens with zero attached hydrogens (tertiary/aromatic N) is 3. The lowest BCUT2D eigenvalue weighted by Crippen LogP contribution is -2.26. The quantitative estimate of drug-likeness (QED) is 0.481. The van der Waals surface area contributed by atoms with Crippen molar-refractivity contribution in [3.05, 3.63) is 53.0 Å². The molecule has 0 spiro atoms. The van der Waals surface area contributed by atoms with Gasteiger partial charge in [0, 0.05) is 30.9 Å². The smallest absolute Gasteiger partial charge is 0.272 e. The largest absolute Gasteiger partial charge is 0.487 e. The van der Waals surface area contributed by atoms with Crippen molar-refractivity contribution in [3.63, 3.8) is 0 Å². The zero-order valence-corrected chi connectivity index (χ0v) is 17.6. The van der Waals surface area contributed by atoms with Crippen molar-refractivity contribution in [2.45, 2.75) is 39.7 Å². The molecular weight excluding hydrogens is 406 g/mol. The summed E-state index contributed by atoms with van der Waals surface area (Å²) in [6.45, 7) is 3.95. The van der Waals surface area contributed by atoms with Crippen molar-refractivity contribution in [1.82, 2.24) is 20.1 Å². The molecule has 3 rings (SSSR count). The van der Waals surface area contributed by atoms with E-state index in [-0.39, 0.29) is 18.9 Å². The molecule has 166 valence electrons. The third-order valence-corrected chi connectivity index (χ3v) is 4.77. The predicted octanol–water partition coefficient (Wildman–Crippen LogP) is 2.78. The van der Waals surface area contributed by atoms with Crippen LogP contribution >= 0.6 is 0 Å². The monoisotopic (exact) mass is 432 g/mol. The van der Waals surface area contributed by atoms with Gasteiger partial charge in [0.1, 0.15) is 12.4 Å². The maximum Gasteiger partial charge on any atom is 0.272 e. The number of benzene rings is 1. The number of pyridine rings is 1. The summed E-state index contributed by atoms with van der Waals surface area (Å²) < 4.78 is 31.9. The van der Waals surface area contributed by atoms with Crippen LogP contribution in [0.3, 0.4) is 0 Å². The second-order valence-corrected chi connectivity index (χ2v) is 7.38. The minimum absolute atomic E-state index is 0.0269. The molecule has 0 aliphatic rings. The molecule has 0 unspecified atom stereocenters. The van der Waals surface area contributed by atoms with Gasteiger partial charge in [-0.25, -0.2) is 8.78 Å². The van der Waals surface area contributed by atoms with E-state index in [0.717, 1.165) is 27.6 Å². The fraction of sp³-hybridized carbons (Fsp3) is 0.409. The first-order valence-corrected chi connectivity index (χ1v) is 10.1. The molecule has 0 atom stereocenters. The fourth-order valence-electron chi connectivity index (χ4n) is 3.48. The van der Waals surface area contributed by atoms with Gasteiger partial charge >= 0.3 is 0 Å². The number of halogens is 2.